The molecule has 0 saturated heterocycles. The Morgan fingerprint density at radius 1 is 1.42 bits per heavy atom. The molecule has 0 saturated carbocycles. The van der Waals surface area contributed by atoms with Gasteiger partial charge in [0.2, 0.25) is 0 Å². The van der Waals surface area contributed by atoms with Crippen molar-refractivity contribution in [3.8, 4) is 0 Å². The molecule has 0 atom stereocenters. The Morgan fingerprint density at radius 3 is 2.58 bits per heavy atom. The van der Waals surface area contributed by atoms with Gasteiger partial charge in [0, 0.05) is 5.69 Å². The standard InChI is InChI=1S/C7H10N2O2S/c1-6-3-2-4-7(5-6)9-12(8,10)11/h2-5,9H,1H3,(H2,8,10,11). The molecule has 0 aliphatic rings. The van der Waals surface area contributed by atoms with Crippen molar-refractivity contribution in [2.24, 2.45) is 5.14 Å². The van der Waals surface area contributed by atoms with E-state index in [2.05, 4.69) is 4.72 Å². The smallest absolute Gasteiger partial charge is 0.271 e. The van der Waals surface area contributed by atoms with Crippen LogP contribution in [0.2, 0.25) is 0 Å². The van der Waals surface area contributed by atoms with Gasteiger partial charge in [-0.3, -0.25) is 4.72 Å². The quantitative estimate of drug-likeness (QED) is 0.710. The molecule has 0 spiro atoms. The minimum atomic E-state index is -3.64. The molecule has 0 aromatic heterocycles. The molecule has 1 aromatic carbocycles. The molecule has 1 aromatic rings. The molecule has 0 aliphatic heterocycles. The molecular formula is C7H10N2O2S. The van der Waals surface area contributed by atoms with Crippen LogP contribution in [0.15, 0.2) is 24.3 Å². The van der Waals surface area contributed by atoms with E-state index < -0.39 is 10.2 Å². The van der Waals surface area contributed by atoms with Gasteiger partial charge in [-0.15, -0.1) is 0 Å². The number of nitrogens with one attached hydrogen (secondary N) is 1. The number of anilines is 1. The van der Waals surface area contributed by atoms with Crippen LogP contribution < -0.4 is 9.86 Å². The van der Waals surface area contributed by atoms with Gasteiger partial charge in [0.15, 0.2) is 0 Å². The second kappa shape index (κ2) is 3.12. The Balaban J connectivity index is 2.91. The first-order valence-corrected chi connectivity index (χ1v) is 4.89. The lowest BCUT2D eigenvalue weighted by atomic mass is 10.2. The summed E-state index contributed by atoms with van der Waals surface area (Å²) in [4.78, 5) is 0. The van der Waals surface area contributed by atoms with E-state index in [1.807, 2.05) is 13.0 Å². The van der Waals surface area contributed by atoms with E-state index in [0.717, 1.165) is 5.56 Å². The van der Waals surface area contributed by atoms with Gasteiger partial charge in [-0.05, 0) is 24.6 Å². The van der Waals surface area contributed by atoms with Gasteiger partial charge in [-0.25, -0.2) is 5.14 Å². The van der Waals surface area contributed by atoms with Gasteiger partial charge < -0.3 is 0 Å². The van der Waals surface area contributed by atoms with Crippen LogP contribution in [0.1, 0.15) is 5.56 Å². The molecule has 0 radical (unpaired) electrons. The largest absolute Gasteiger partial charge is 0.296 e. The van der Waals surface area contributed by atoms with Crippen molar-refractivity contribution < 1.29 is 8.42 Å². The molecule has 0 heterocycles. The average molecular weight is 186 g/mol. The fourth-order valence-corrected chi connectivity index (χ4v) is 1.33. The first-order chi connectivity index (χ1) is 5.47. The van der Waals surface area contributed by atoms with Crippen molar-refractivity contribution in [1.82, 2.24) is 0 Å². The summed E-state index contributed by atoms with van der Waals surface area (Å²) in [5, 5.41) is 4.78. The Labute approximate surface area is 71.6 Å². The van der Waals surface area contributed by atoms with Crippen LogP contribution in [0.5, 0.6) is 0 Å². The summed E-state index contributed by atoms with van der Waals surface area (Å²) in [5.41, 5.74) is 1.46. The molecule has 0 bridgehead atoms. The van der Waals surface area contributed by atoms with Crippen molar-refractivity contribution >= 4 is 15.9 Å². The summed E-state index contributed by atoms with van der Waals surface area (Å²) in [6.07, 6.45) is 0. The fourth-order valence-electron chi connectivity index (χ4n) is 0.873. The topological polar surface area (TPSA) is 72.2 Å². The zero-order valence-electron chi connectivity index (χ0n) is 6.61. The molecule has 66 valence electrons. The lowest BCUT2D eigenvalue weighted by Gasteiger charge is -2.02. The van der Waals surface area contributed by atoms with E-state index in [4.69, 9.17) is 5.14 Å². The Kier molecular flexibility index (Phi) is 2.35. The molecule has 0 fully saturated rings. The van der Waals surface area contributed by atoms with Crippen molar-refractivity contribution in [3.05, 3.63) is 29.8 Å². The Hall–Kier alpha value is -1.07. The molecule has 3 N–H and O–H groups in total. The molecule has 5 heteroatoms. The van der Waals surface area contributed by atoms with Crippen molar-refractivity contribution in [2.75, 3.05) is 4.72 Å². The van der Waals surface area contributed by atoms with Gasteiger partial charge >= 0.3 is 0 Å². The maximum atomic E-state index is 10.6. The summed E-state index contributed by atoms with van der Waals surface area (Å²) in [5.74, 6) is 0. The molecular weight excluding hydrogens is 176 g/mol. The van der Waals surface area contributed by atoms with Gasteiger partial charge in [0.25, 0.3) is 10.2 Å². The Bertz CT molecular complexity index is 373. The number of hydrogen-bond donors (Lipinski definition) is 2. The molecule has 12 heavy (non-hydrogen) atoms. The van der Waals surface area contributed by atoms with Gasteiger partial charge in [0.05, 0.1) is 0 Å². The number of nitrogens with two attached hydrogens (primary N) is 1. The predicted octanol–water partition coefficient (Wildman–Crippen LogP) is 0.610. The van der Waals surface area contributed by atoms with E-state index in [1.165, 1.54) is 0 Å². The van der Waals surface area contributed by atoms with Crippen LogP contribution in [0.25, 0.3) is 0 Å². The van der Waals surface area contributed by atoms with Crippen LogP contribution in [-0.2, 0) is 10.2 Å². The lowest BCUT2D eigenvalue weighted by Crippen LogP contribution is -2.21. The van der Waals surface area contributed by atoms with E-state index >= 15 is 0 Å². The minimum Gasteiger partial charge on any atom is -0.271 e. The average Bonchev–Trinajstić information content (AvgIpc) is 1.82. The molecule has 4 nitrogen and oxygen atoms in total. The minimum absolute atomic E-state index is 0.484. The second-order valence-corrected chi connectivity index (χ2v) is 3.81. The van der Waals surface area contributed by atoms with Crippen molar-refractivity contribution in [1.29, 1.82) is 0 Å². The monoisotopic (exact) mass is 186 g/mol. The van der Waals surface area contributed by atoms with Gasteiger partial charge in [0.1, 0.15) is 0 Å². The van der Waals surface area contributed by atoms with Gasteiger partial charge in [-0.2, -0.15) is 8.42 Å². The van der Waals surface area contributed by atoms with Crippen molar-refractivity contribution in [2.45, 2.75) is 6.92 Å². The first kappa shape index (κ1) is 9.02. The summed E-state index contributed by atoms with van der Waals surface area (Å²) >= 11 is 0. The maximum absolute atomic E-state index is 10.6. The van der Waals surface area contributed by atoms with Crippen LogP contribution in [-0.4, -0.2) is 8.42 Å². The third-order valence-electron chi connectivity index (χ3n) is 1.28. The van der Waals surface area contributed by atoms with E-state index in [-0.39, 0.29) is 0 Å². The number of aryl methyl sites for hydroxylation is 1. The van der Waals surface area contributed by atoms with E-state index in [0.29, 0.717) is 5.69 Å². The first-order valence-electron chi connectivity index (χ1n) is 3.34. The summed E-state index contributed by atoms with van der Waals surface area (Å²) in [7, 11) is -3.64. The SMILES string of the molecule is Cc1cccc(NS(N)(=O)=O)c1. The molecule has 0 aliphatic carbocycles. The van der Waals surface area contributed by atoms with E-state index in [1.54, 1.807) is 18.2 Å². The highest BCUT2D eigenvalue weighted by molar-refractivity contribution is 7.90. The zero-order chi connectivity index (χ0) is 9.19. The van der Waals surface area contributed by atoms with Crippen LogP contribution >= 0.6 is 0 Å². The highest BCUT2D eigenvalue weighted by Crippen LogP contribution is 2.09. The Morgan fingerprint density at radius 2 is 2.08 bits per heavy atom. The normalized spacial score (nSPS) is 11.2. The summed E-state index contributed by atoms with van der Waals surface area (Å²) in [6.45, 7) is 1.87. The van der Waals surface area contributed by atoms with Crippen LogP contribution in [0.3, 0.4) is 0 Å². The number of benzene rings is 1. The number of hydrogen-bond acceptors (Lipinski definition) is 2. The lowest BCUT2D eigenvalue weighted by molar-refractivity contribution is 0.603. The van der Waals surface area contributed by atoms with Crippen LogP contribution in [0.4, 0.5) is 5.69 Å². The van der Waals surface area contributed by atoms with Gasteiger partial charge in [-0.1, -0.05) is 12.1 Å². The molecule has 1 rings (SSSR count). The van der Waals surface area contributed by atoms with E-state index in [9.17, 15) is 8.42 Å². The fraction of sp³-hybridized carbons (Fsp3) is 0.143. The summed E-state index contributed by atoms with van der Waals surface area (Å²) in [6, 6.07) is 6.96. The number of rotatable bonds is 2. The molecule has 0 amide bonds. The molecule has 0 unspecified atom stereocenters. The third-order valence-corrected chi connectivity index (χ3v) is 1.80. The highest BCUT2D eigenvalue weighted by Gasteiger charge is 2.00. The zero-order valence-corrected chi connectivity index (χ0v) is 7.43. The predicted molar refractivity (Wildman–Crippen MR) is 47.9 cm³/mol. The third kappa shape index (κ3) is 2.89. The van der Waals surface area contributed by atoms with Crippen molar-refractivity contribution in [3.63, 3.8) is 0 Å². The second-order valence-electron chi connectivity index (χ2n) is 2.52. The highest BCUT2D eigenvalue weighted by atomic mass is 32.2. The van der Waals surface area contributed by atoms with Crippen LogP contribution in [0, 0.1) is 6.92 Å². The summed E-state index contributed by atoms with van der Waals surface area (Å²) < 4.78 is 23.3. The maximum Gasteiger partial charge on any atom is 0.296 e.